The van der Waals surface area contributed by atoms with Crippen molar-refractivity contribution in [1.82, 2.24) is 5.43 Å². The van der Waals surface area contributed by atoms with Crippen LogP contribution in [-0.2, 0) is 0 Å². The zero-order chi connectivity index (χ0) is 15.2. The van der Waals surface area contributed by atoms with Gasteiger partial charge in [0, 0.05) is 9.64 Å². The molecule has 21 heavy (non-hydrogen) atoms. The number of nitrogens with zero attached hydrogens (tertiary/aromatic N) is 2. The van der Waals surface area contributed by atoms with Gasteiger partial charge in [-0.25, -0.2) is 5.43 Å². The number of rotatable bonds is 4. The van der Waals surface area contributed by atoms with Crippen LogP contribution in [0.2, 0.25) is 0 Å². The first-order chi connectivity index (χ1) is 10.1. The van der Waals surface area contributed by atoms with Crippen molar-refractivity contribution in [2.24, 2.45) is 5.10 Å². The van der Waals surface area contributed by atoms with Gasteiger partial charge < -0.3 is 0 Å². The van der Waals surface area contributed by atoms with Crippen LogP contribution in [0.3, 0.4) is 0 Å². The Bertz CT molecular complexity index is 699. The minimum atomic E-state index is -0.621. The maximum absolute atomic E-state index is 11.9. The molecule has 2 aromatic rings. The van der Waals surface area contributed by atoms with Gasteiger partial charge in [-0.15, -0.1) is 0 Å². The third kappa shape index (κ3) is 4.09. The number of hydrogen-bond donors (Lipinski definition) is 1. The lowest BCUT2D eigenvalue weighted by Gasteiger charge is -2.01. The van der Waals surface area contributed by atoms with E-state index in [1.165, 1.54) is 24.4 Å². The number of benzene rings is 2. The van der Waals surface area contributed by atoms with Crippen LogP contribution in [0.25, 0.3) is 0 Å². The number of para-hydroxylation sites is 1. The second kappa shape index (κ2) is 6.93. The Balaban J connectivity index is 2.08. The van der Waals surface area contributed by atoms with Crippen molar-refractivity contribution >= 4 is 40.4 Å². The summed E-state index contributed by atoms with van der Waals surface area (Å²) >= 11 is 2.18. The summed E-state index contributed by atoms with van der Waals surface area (Å²) in [5.41, 5.74) is 2.82. The molecular weight excluding hydrogens is 385 g/mol. The molecule has 0 saturated carbocycles. The standard InChI is InChI=1S/C14H10IN3O3/c15-11-7-5-10(6-8-11)9-16-17-14(19)12-3-1-2-4-13(12)18(20)21/h1-9H,(H,17,19)/b16-9-. The van der Waals surface area contributed by atoms with Gasteiger partial charge in [0.05, 0.1) is 11.1 Å². The van der Waals surface area contributed by atoms with Crippen LogP contribution < -0.4 is 5.43 Å². The topological polar surface area (TPSA) is 84.6 Å². The monoisotopic (exact) mass is 395 g/mol. The molecule has 0 unspecified atom stereocenters. The quantitative estimate of drug-likeness (QED) is 0.374. The minimum absolute atomic E-state index is 0.0257. The molecule has 7 heteroatoms. The molecule has 0 aromatic heterocycles. The summed E-state index contributed by atoms with van der Waals surface area (Å²) in [7, 11) is 0. The lowest BCUT2D eigenvalue weighted by molar-refractivity contribution is -0.385. The Kier molecular flexibility index (Phi) is 4.99. The van der Waals surface area contributed by atoms with Crippen molar-refractivity contribution in [2.75, 3.05) is 0 Å². The molecule has 0 fully saturated rings. The van der Waals surface area contributed by atoms with Crippen LogP contribution in [0.15, 0.2) is 53.6 Å². The highest BCUT2D eigenvalue weighted by atomic mass is 127. The first-order valence-corrected chi connectivity index (χ1v) is 6.98. The van der Waals surface area contributed by atoms with E-state index in [4.69, 9.17) is 0 Å². The van der Waals surface area contributed by atoms with Gasteiger partial charge in [-0.1, -0.05) is 24.3 Å². The zero-order valence-corrected chi connectivity index (χ0v) is 12.9. The fraction of sp³-hybridized carbons (Fsp3) is 0. The van der Waals surface area contributed by atoms with E-state index in [0.717, 1.165) is 9.13 Å². The van der Waals surface area contributed by atoms with Gasteiger partial charge in [0.2, 0.25) is 0 Å². The van der Waals surface area contributed by atoms with Crippen LogP contribution >= 0.6 is 22.6 Å². The average Bonchev–Trinajstić information content (AvgIpc) is 2.49. The van der Waals surface area contributed by atoms with Crippen LogP contribution in [0.4, 0.5) is 5.69 Å². The van der Waals surface area contributed by atoms with Gasteiger partial charge in [-0.05, 0) is 46.4 Å². The number of nitro benzene ring substituents is 1. The molecule has 0 aliphatic carbocycles. The number of amides is 1. The van der Waals surface area contributed by atoms with E-state index < -0.39 is 10.8 Å². The van der Waals surface area contributed by atoms with E-state index in [1.807, 2.05) is 24.3 Å². The molecule has 2 rings (SSSR count). The van der Waals surface area contributed by atoms with Gasteiger partial charge >= 0.3 is 0 Å². The van der Waals surface area contributed by atoms with Gasteiger partial charge in [-0.2, -0.15) is 5.10 Å². The summed E-state index contributed by atoms with van der Waals surface area (Å²) < 4.78 is 1.09. The fourth-order valence-electron chi connectivity index (χ4n) is 1.60. The highest BCUT2D eigenvalue weighted by Crippen LogP contribution is 2.17. The van der Waals surface area contributed by atoms with Crippen LogP contribution in [0.5, 0.6) is 0 Å². The Morgan fingerprint density at radius 1 is 1.19 bits per heavy atom. The predicted octanol–water partition coefficient (Wildman–Crippen LogP) is 2.96. The molecule has 0 saturated heterocycles. The first-order valence-electron chi connectivity index (χ1n) is 5.90. The second-order valence-electron chi connectivity index (χ2n) is 4.02. The smallest absolute Gasteiger partial charge is 0.267 e. The van der Waals surface area contributed by atoms with E-state index in [9.17, 15) is 14.9 Å². The van der Waals surface area contributed by atoms with Crippen molar-refractivity contribution in [3.05, 3.63) is 73.3 Å². The summed E-state index contributed by atoms with van der Waals surface area (Å²) in [4.78, 5) is 22.1. The van der Waals surface area contributed by atoms with Crippen LogP contribution in [0.1, 0.15) is 15.9 Å². The number of hydrazone groups is 1. The molecule has 0 radical (unpaired) electrons. The Morgan fingerprint density at radius 2 is 1.86 bits per heavy atom. The molecule has 6 nitrogen and oxygen atoms in total. The number of carbonyl (C=O) groups excluding carboxylic acids is 1. The number of nitro groups is 1. The van der Waals surface area contributed by atoms with Crippen LogP contribution in [0, 0.1) is 13.7 Å². The molecule has 0 atom stereocenters. The second-order valence-corrected chi connectivity index (χ2v) is 5.27. The predicted molar refractivity (Wildman–Crippen MR) is 87.3 cm³/mol. The van der Waals surface area contributed by atoms with E-state index in [0.29, 0.717) is 0 Å². The third-order valence-corrected chi connectivity index (χ3v) is 3.31. The Morgan fingerprint density at radius 3 is 2.52 bits per heavy atom. The maximum Gasteiger partial charge on any atom is 0.282 e. The molecule has 1 amide bonds. The number of hydrogen-bond acceptors (Lipinski definition) is 4. The van der Waals surface area contributed by atoms with E-state index in [1.54, 1.807) is 6.07 Å². The van der Waals surface area contributed by atoms with Crippen molar-refractivity contribution in [2.45, 2.75) is 0 Å². The van der Waals surface area contributed by atoms with Crippen LogP contribution in [-0.4, -0.2) is 17.0 Å². The molecule has 0 heterocycles. The summed E-state index contributed by atoms with van der Waals surface area (Å²) in [6.07, 6.45) is 1.47. The summed E-state index contributed by atoms with van der Waals surface area (Å²) in [6, 6.07) is 13.2. The largest absolute Gasteiger partial charge is 0.282 e. The maximum atomic E-state index is 11.9. The molecule has 0 spiro atoms. The van der Waals surface area contributed by atoms with Crippen molar-refractivity contribution < 1.29 is 9.72 Å². The normalized spacial score (nSPS) is 10.5. The molecule has 1 N–H and O–H groups in total. The number of carbonyl (C=O) groups is 1. The van der Waals surface area contributed by atoms with Crippen molar-refractivity contribution in [1.29, 1.82) is 0 Å². The highest BCUT2D eigenvalue weighted by molar-refractivity contribution is 14.1. The summed E-state index contributed by atoms with van der Waals surface area (Å²) in [6.45, 7) is 0. The van der Waals surface area contributed by atoms with Gasteiger partial charge in [0.15, 0.2) is 0 Å². The van der Waals surface area contributed by atoms with Crippen molar-refractivity contribution in [3.8, 4) is 0 Å². The Hall–Kier alpha value is -2.29. The number of halogens is 1. The first kappa shape index (κ1) is 15.1. The minimum Gasteiger partial charge on any atom is -0.267 e. The van der Waals surface area contributed by atoms with Gasteiger partial charge in [0.25, 0.3) is 11.6 Å². The van der Waals surface area contributed by atoms with E-state index in [-0.39, 0.29) is 11.3 Å². The fourth-order valence-corrected chi connectivity index (χ4v) is 1.96. The highest BCUT2D eigenvalue weighted by Gasteiger charge is 2.18. The third-order valence-electron chi connectivity index (χ3n) is 2.60. The molecule has 0 aliphatic heterocycles. The summed E-state index contributed by atoms with van der Waals surface area (Å²) in [5, 5.41) is 14.6. The lowest BCUT2D eigenvalue weighted by atomic mass is 10.2. The SMILES string of the molecule is O=C(N/N=C\c1ccc(I)cc1)c1ccccc1[N+](=O)[O-]. The molecule has 0 bridgehead atoms. The molecule has 106 valence electrons. The summed E-state index contributed by atoms with van der Waals surface area (Å²) in [5.74, 6) is -0.621. The Labute approximate surface area is 134 Å². The van der Waals surface area contributed by atoms with E-state index in [2.05, 4.69) is 33.1 Å². The zero-order valence-electron chi connectivity index (χ0n) is 10.7. The molecular formula is C14H10IN3O3. The van der Waals surface area contributed by atoms with Crippen molar-refractivity contribution in [3.63, 3.8) is 0 Å². The van der Waals surface area contributed by atoms with E-state index >= 15 is 0 Å². The number of nitrogens with one attached hydrogen (secondary N) is 1. The molecule has 2 aromatic carbocycles. The van der Waals surface area contributed by atoms with Gasteiger partial charge in [-0.3, -0.25) is 14.9 Å². The average molecular weight is 395 g/mol. The molecule has 0 aliphatic rings. The lowest BCUT2D eigenvalue weighted by Crippen LogP contribution is -2.18. The van der Waals surface area contributed by atoms with Gasteiger partial charge in [0.1, 0.15) is 5.56 Å².